The number of carbonyl (C=O) groups is 2. The van der Waals surface area contributed by atoms with Gasteiger partial charge >= 0.3 is 5.97 Å². The Balaban J connectivity index is 2.08. The summed E-state index contributed by atoms with van der Waals surface area (Å²) < 4.78 is 15.8. The first-order chi connectivity index (χ1) is 11.1. The van der Waals surface area contributed by atoms with Gasteiger partial charge in [0.1, 0.15) is 0 Å². The number of ether oxygens (including phenoxy) is 3. The molecule has 0 aliphatic heterocycles. The molecule has 1 saturated carbocycles. The lowest BCUT2D eigenvalue weighted by molar-refractivity contribution is -0.239. The average molecular weight is 316 g/mol. The van der Waals surface area contributed by atoms with Gasteiger partial charge in [-0.25, -0.2) is 4.79 Å². The van der Waals surface area contributed by atoms with Gasteiger partial charge in [0.05, 0.1) is 13.0 Å². The predicted molar refractivity (Wildman–Crippen MR) is 82.6 cm³/mol. The van der Waals surface area contributed by atoms with Crippen LogP contribution in [0.4, 0.5) is 0 Å². The summed E-state index contributed by atoms with van der Waals surface area (Å²) in [4.78, 5) is 25.1. The molecule has 0 spiro atoms. The maximum absolute atomic E-state index is 13.0. The lowest BCUT2D eigenvalue weighted by Gasteiger charge is -2.50. The first-order valence-electron chi connectivity index (χ1n) is 7.58. The van der Waals surface area contributed by atoms with Gasteiger partial charge in [0, 0.05) is 25.7 Å². The van der Waals surface area contributed by atoms with Crippen LogP contribution in [0.5, 0.6) is 0 Å². The van der Waals surface area contributed by atoms with Crippen LogP contribution in [0.2, 0.25) is 0 Å². The monoisotopic (exact) mass is 316 g/mol. The van der Waals surface area contributed by atoms with Crippen LogP contribution in [-0.4, -0.2) is 38.9 Å². The number of benzene rings is 1. The highest BCUT2D eigenvalue weighted by Gasteiger charge is 2.61. The Kier molecular flexibility index (Phi) is 4.08. The van der Waals surface area contributed by atoms with Crippen LogP contribution in [0.3, 0.4) is 0 Å². The van der Waals surface area contributed by atoms with Gasteiger partial charge in [0.15, 0.2) is 5.78 Å². The summed E-state index contributed by atoms with van der Waals surface area (Å²) in [6, 6.07) is 9.85. The van der Waals surface area contributed by atoms with Gasteiger partial charge in [-0.2, -0.15) is 0 Å². The molecule has 23 heavy (non-hydrogen) atoms. The zero-order valence-corrected chi connectivity index (χ0v) is 13.4. The van der Waals surface area contributed by atoms with Gasteiger partial charge in [0.25, 0.3) is 0 Å². The van der Waals surface area contributed by atoms with E-state index in [9.17, 15) is 9.59 Å². The van der Waals surface area contributed by atoms with Crippen molar-refractivity contribution in [2.45, 2.75) is 18.1 Å². The second kappa shape index (κ2) is 5.91. The number of fused-ring (bicyclic) bond motifs is 2. The van der Waals surface area contributed by atoms with Crippen molar-refractivity contribution < 1.29 is 23.8 Å². The Hall–Kier alpha value is -1.98. The molecular weight excluding hydrogens is 296 g/mol. The van der Waals surface area contributed by atoms with Crippen molar-refractivity contribution in [2.75, 3.05) is 21.3 Å². The van der Waals surface area contributed by atoms with E-state index in [0.29, 0.717) is 12.0 Å². The van der Waals surface area contributed by atoms with E-state index in [1.165, 1.54) is 21.3 Å². The molecule has 3 atom stereocenters. The van der Waals surface area contributed by atoms with E-state index in [1.54, 1.807) is 6.08 Å². The Bertz CT molecular complexity index is 645. The number of hydrogen-bond acceptors (Lipinski definition) is 5. The van der Waals surface area contributed by atoms with Gasteiger partial charge in [0.2, 0.25) is 5.79 Å². The van der Waals surface area contributed by atoms with E-state index in [2.05, 4.69) is 0 Å². The molecule has 4 rings (SSSR count). The van der Waals surface area contributed by atoms with E-state index in [-0.39, 0.29) is 11.7 Å². The molecule has 5 nitrogen and oxygen atoms in total. The number of rotatable bonds is 4. The highest BCUT2D eigenvalue weighted by molar-refractivity contribution is 6.00. The molecule has 1 aromatic rings. The molecule has 0 aromatic heterocycles. The zero-order valence-electron chi connectivity index (χ0n) is 13.4. The van der Waals surface area contributed by atoms with Crippen LogP contribution in [-0.2, 0) is 23.8 Å². The number of ketones is 1. The number of methoxy groups -OCH3 is 3. The first kappa shape index (κ1) is 15.9. The van der Waals surface area contributed by atoms with Crippen LogP contribution >= 0.6 is 0 Å². The maximum Gasteiger partial charge on any atom is 0.333 e. The third kappa shape index (κ3) is 2.23. The van der Waals surface area contributed by atoms with Crippen molar-refractivity contribution in [1.82, 2.24) is 0 Å². The molecule has 3 aliphatic carbocycles. The molecule has 0 amide bonds. The van der Waals surface area contributed by atoms with Crippen molar-refractivity contribution in [3.8, 4) is 0 Å². The molecule has 1 fully saturated rings. The second-order valence-corrected chi connectivity index (χ2v) is 5.88. The summed E-state index contributed by atoms with van der Waals surface area (Å²) in [7, 11) is 4.21. The standard InChI is InChI=1S/C18H20O5/c1-21-17(20)14-9-13-12(11-7-5-4-6-8-11)10-15(14)18(22-2,23-3)16(13)19/h4-9,12-13,15H,10H2,1-3H3/t12-,13-,15+/m0/s1. The minimum Gasteiger partial charge on any atom is -0.466 e. The SMILES string of the molecule is COC(=O)C1=C[C@@H]2C(=O)C(OC)(OC)[C@@H]1C[C@H]2c1ccccc1. The molecule has 0 saturated heterocycles. The fraction of sp³-hybridized carbons (Fsp3) is 0.444. The third-order valence-electron chi connectivity index (χ3n) is 5.02. The summed E-state index contributed by atoms with van der Waals surface area (Å²) in [5.74, 6) is -2.91. The minimum atomic E-state index is -1.41. The Morgan fingerprint density at radius 2 is 1.78 bits per heavy atom. The van der Waals surface area contributed by atoms with Crippen LogP contribution in [0.15, 0.2) is 42.0 Å². The lowest BCUT2D eigenvalue weighted by Crippen LogP contribution is -2.60. The van der Waals surface area contributed by atoms with Gasteiger partial charge in [-0.1, -0.05) is 36.4 Å². The van der Waals surface area contributed by atoms with Gasteiger partial charge in [-0.05, 0) is 17.9 Å². The molecule has 0 N–H and O–H groups in total. The quantitative estimate of drug-likeness (QED) is 0.629. The molecule has 5 heteroatoms. The fourth-order valence-electron chi connectivity index (χ4n) is 3.92. The van der Waals surface area contributed by atoms with E-state index < -0.39 is 23.6 Å². The second-order valence-electron chi connectivity index (χ2n) is 5.88. The summed E-state index contributed by atoms with van der Waals surface area (Å²) in [5, 5.41) is 0. The van der Waals surface area contributed by atoms with Crippen LogP contribution in [0, 0.1) is 11.8 Å². The molecule has 0 radical (unpaired) electrons. The molecular formula is C18H20O5. The van der Waals surface area contributed by atoms with E-state index in [4.69, 9.17) is 14.2 Å². The topological polar surface area (TPSA) is 61.8 Å². The summed E-state index contributed by atoms with van der Waals surface area (Å²) in [5.41, 5.74) is 1.55. The summed E-state index contributed by atoms with van der Waals surface area (Å²) in [6.45, 7) is 0. The molecule has 1 aromatic carbocycles. The summed E-state index contributed by atoms with van der Waals surface area (Å²) in [6.07, 6.45) is 2.33. The number of carbonyl (C=O) groups excluding carboxylic acids is 2. The van der Waals surface area contributed by atoms with E-state index in [0.717, 1.165) is 5.56 Å². The van der Waals surface area contributed by atoms with Crippen LogP contribution in [0.1, 0.15) is 17.9 Å². The smallest absolute Gasteiger partial charge is 0.333 e. The first-order valence-corrected chi connectivity index (χ1v) is 7.58. The average Bonchev–Trinajstić information content (AvgIpc) is 2.62. The number of hydrogen-bond donors (Lipinski definition) is 0. The number of esters is 1. The molecule has 0 heterocycles. The Morgan fingerprint density at radius 1 is 1.13 bits per heavy atom. The Labute approximate surface area is 135 Å². The molecule has 2 bridgehead atoms. The number of Topliss-reactive ketones (excluding diaryl/α,β-unsaturated/α-hetero) is 1. The Morgan fingerprint density at radius 3 is 2.35 bits per heavy atom. The lowest BCUT2D eigenvalue weighted by atomic mass is 9.60. The highest BCUT2D eigenvalue weighted by Crippen LogP contribution is 2.53. The number of allylic oxidation sites excluding steroid dienone is 1. The fourth-order valence-corrected chi connectivity index (χ4v) is 3.92. The highest BCUT2D eigenvalue weighted by atomic mass is 16.7. The minimum absolute atomic E-state index is 0.0144. The van der Waals surface area contributed by atoms with Crippen molar-refractivity contribution in [1.29, 1.82) is 0 Å². The van der Waals surface area contributed by atoms with Crippen molar-refractivity contribution in [3.63, 3.8) is 0 Å². The van der Waals surface area contributed by atoms with Crippen molar-refractivity contribution in [3.05, 3.63) is 47.5 Å². The van der Waals surface area contributed by atoms with Crippen LogP contribution in [0.25, 0.3) is 0 Å². The molecule has 122 valence electrons. The predicted octanol–water partition coefficient (Wildman–Crippen LogP) is 2.08. The van der Waals surface area contributed by atoms with E-state index in [1.807, 2.05) is 30.3 Å². The largest absolute Gasteiger partial charge is 0.466 e. The third-order valence-corrected chi connectivity index (χ3v) is 5.02. The maximum atomic E-state index is 13.0. The molecule has 0 unspecified atom stereocenters. The zero-order chi connectivity index (χ0) is 16.6. The van der Waals surface area contributed by atoms with Crippen LogP contribution < -0.4 is 0 Å². The van der Waals surface area contributed by atoms with Crippen molar-refractivity contribution in [2.24, 2.45) is 11.8 Å². The summed E-state index contributed by atoms with van der Waals surface area (Å²) >= 11 is 0. The van der Waals surface area contributed by atoms with Gasteiger partial charge in [-0.15, -0.1) is 0 Å². The van der Waals surface area contributed by atoms with Crippen molar-refractivity contribution >= 4 is 11.8 Å². The van der Waals surface area contributed by atoms with Gasteiger partial charge < -0.3 is 14.2 Å². The van der Waals surface area contributed by atoms with E-state index >= 15 is 0 Å². The molecule has 3 aliphatic rings. The van der Waals surface area contributed by atoms with Gasteiger partial charge in [-0.3, -0.25) is 4.79 Å². The normalized spacial score (nSPS) is 28.4.